The maximum atomic E-state index is 6.98. The molecule has 0 aromatic carbocycles. The van der Waals surface area contributed by atoms with Crippen molar-refractivity contribution < 1.29 is 2.74 Å². The molecule has 0 saturated heterocycles. The molecule has 0 aliphatic rings. The van der Waals surface area contributed by atoms with Gasteiger partial charge in [0, 0.05) is 2.74 Å². The number of hydrogen-bond donors (Lipinski definition) is 0. The van der Waals surface area contributed by atoms with Crippen molar-refractivity contribution in [1.82, 2.24) is 0 Å². The molecular formula is C6H14. The van der Waals surface area contributed by atoms with Crippen LogP contribution in [-0.4, -0.2) is 0 Å². The van der Waals surface area contributed by atoms with Gasteiger partial charge in [-0.25, -0.2) is 0 Å². The molecule has 0 N–H and O–H groups in total. The van der Waals surface area contributed by atoms with Crippen LogP contribution < -0.4 is 0 Å². The van der Waals surface area contributed by atoms with Crippen LogP contribution in [0, 0.1) is 5.92 Å². The minimum absolute atomic E-state index is 0.479. The smallest absolute Gasteiger partial charge is 0.0233 e. The first-order chi connectivity index (χ1) is 3.85. The van der Waals surface area contributed by atoms with Gasteiger partial charge in [-0.05, 0) is 5.92 Å². The highest BCUT2D eigenvalue weighted by molar-refractivity contribution is 4.41. The molecule has 0 aromatic rings. The molecule has 0 nitrogen and oxygen atoms in total. The van der Waals surface area contributed by atoms with Crippen LogP contribution in [0.4, 0.5) is 0 Å². The highest BCUT2D eigenvalue weighted by Crippen LogP contribution is 2.02. The van der Waals surface area contributed by atoms with Crippen molar-refractivity contribution in [2.45, 2.75) is 33.6 Å². The number of rotatable bonds is 2. The Morgan fingerprint density at radius 1 is 1.67 bits per heavy atom. The Morgan fingerprint density at radius 2 is 2.50 bits per heavy atom. The van der Waals surface area contributed by atoms with E-state index in [2.05, 4.69) is 6.92 Å². The zero-order valence-corrected chi connectivity index (χ0v) is 4.41. The van der Waals surface area contributed by atoms with Gasteiger partial charge < -0.3 is 0 Å². The first-order valence-corrected chi connectivity index (χ1v) is 2.43. The molecule has 38 valence electrons. The van der Waals surface area contributed by atoms with E-state index >= 15 is 0 Å². The van der Waals surface area contributed by atoms with Gasteiger partial charge in [0.05, 0.1) is 0 Å². The van der Waals surface area contributed by atoms with Gasteiger partial charge in [0.15, 0.2) is 0 Å². The summed E-state index contributed by atoms with van der Waals surface area (Å²) in [4.78, 5) is 0. The molecule has 0 aliphatic carbocycles. The normalized spacial score (nSPS) is 18.8. The first kappa shape index (κ1) is 3.06. The average molecular weight is 88.2 g/mol. The lowest BCUT2D eigenvalue weighted by Crippen LogP contribution is -1.85. The molecule has 1 unspecified atom stereocenters. The van der Waals surface area contributed by atoms with Crippen molar-refractivity contribution in [3.05, 3.63) is 0 Å². The van der Waals surface area contributed by atoms with Gasteiger partial charge in [-0.3, -0.25) is 0 Å². The fourth-order valence-corrected chi connectivity index (χ4v) is 0.204. The molecule has 0 heterocycles. The van der Waals surface area contributed by atoms with Gasteiger partial charge in [0.25, 0.3) is 0 Å². The summed E-state index contributed by atoms with van der Waals surface area (Å²) in [6.07, 6.45) is 1.96. The topological polar surface area (TPSA) is 0 Å². The van der Waals surface area contributed by atoms with E-state index in [0.29, 0.717) is 19.7 Å². The molecule has 1 atom stereocenters. The lowest BCUT2D eigenvalue weighted by Gasteiger charge is -1.98. The Kier molecular flexibility index (Phi) is 1.63. The van der Waals surface area contributed by atoms with E-state index in [4.69, 9.17) is 2.74 Å². The molecule has 0 heteroatoms. The van der Waals surface area contributed by atoms with Crippen molar-refractivity contribution in [2.24, 2.45) is 5.92 Å². The van der Waals surface area contributed by atoms with Crippen molar-refractivity contribution in [2.75, 3.05) is 0 Å². The monoisotopic (exact) mass is 88.1 g/mol. The van der Waals surface area contributed by atoms with E-state index in [9.17, 15) is 0 Å². The molecule has 0 saturated carbocycles. The fourth-order valence-electron chi connectivity index (χ4n) is 0.204. The van der Waals surface area contributed by atoms with Crippen LogP contribution in [-0.2, 0) is 0 Å². The maximum absolute atomic E-state index is 6.98. The van der Waals surface area contributed by atoms with Gasteiger partial charge in [-0.2, -0.15) is 0 Å². The van der Waals surface area contributed by atoms with Crippen molar-refractivity contribution in [3.63, 3.8) is 0 Å². The minimum Gasteiger partial charge on any atom is -0.0651 e. The Labute approximate surface area is 43.4 Å². The summed E-state index contributed by atoms with van der Waals surface area (Å²) >= 11 is 0. The van der Waals surface area contributed by atoms with E-state index in [1.807, 2.05) is 0 Å². The third-order valence-corrected chi connectivity index (χ3v) is 0.986. The second kappa shape index (κ2) is 3.20. The second-order valence-corrected chi connectivity index (χ2v) is 1.56. The Balaban J connectivity index is 3.07. The van der Waals surface area contributed by atoms with E-state index in [0.717, 1.165) is 12.8 Å². The third-order valence-electron chi connectivity index (χ3n) is 0.986. The summed E-state index contributed by atoms with van der Waals surface area (Å²) < 4.78 is 13.8. The van der Waals surface area contributed by atoms with Crippen molar-refractivity contribution in [1.29, 1.82) is 0 Å². The van der Waals surface area contributed by atoms with Crippen LogP contribution in [0.2, 0.25) is 0 Å². The van der Waals surface area contributed by atoms with E-state index in [1.165, 1.54) is 0 Å². The Hall–Kier alpha value is 0. The van der Waals surface area contributed by atoms with Crippen LogP contribution in [0.1, 0.15) is 36.3 Å². The van der Waals surface area contributed by atoms with E-state index in [-0.39, 0.29) is 0 Å². The first-order valence-electron chi connectivity index (χ1n) is 3.85. The highest BCUT2D eigenvalue weighted by atomic mass is 13.9. The average Bonchev–Trinajstić information content (AvgIpc) is 1.83. The van der Waals surface area contributed by atoms with Gasteiger partial charge in [0.1, 0.15) is 0 Å². The molecule has 0 bridgehead atoms. The van der Waals surface area contributed by atoms with Gasteiger partial charge in [-0.15, -0.1) is 0 Å². The fraction of sp³-hybridized carbons (Fsp3) is 1.00. The van der Waals surface area contributed by atoms with Crippen LogP contribution in [0.3, 0.4) is 0 Å². The molecule has 0 aliphatic heterocycles. The van der Waals surface area contributed by atoms with E-state index < -0.39 is 0 Å². The molecule has 6 heavy (non-hydrogen) atoms. The summed E-state index contributed by atoms with van der Waals surface area (Å²) in [5.41, 5.74) is 0. The lowest BCUT2D eigenvalue weighted by atomic mass is 10.1. The van der Waals surface area contributed by atoms with Gasteiger partial charge in [0.2, 0.25) is 0 Å². The minimum atomic E-state index is 0.479. The standard InChI is InChI=1S/C6H14/c1-4-6(3)5-2/h6H,4-5H2,1-3H3/i1D,3D. The van der Waals surface area contributed by atoms with Crippen LogP contribution in [0.15, 0.2) is 0 Å². The zero-order valence-electron chi connectivity index (χ0n) is 6.41. The third kappa shape index (κ3) is 2.25. The summed E-state index contributed by atoms with van der Waals surface area (Å²) in [7, 11) is 0. The summed E-state index contributed by atoms with van der Waals surface area (Å²) in [6, 6.07) is 0. The van der Waals surface area contributed by atoms with Crippen molar-refractivity contribution >= 4 is 0 Å². The maximum Gasteiger partial charge on any atom is 0.0233 e. The largest absolute Gasteiger partial charge is 0.0651 e. The summed E-state index contributed by atoms with van der Waals surface area (Å²) in [5, 5.41) is 0. The second-order valence-electron chi connectivity index (χ2n) is 1.56. The van der Waals surface area contributed by atoms with Crippen LogP contribution >= 0.6 is 0 Å². The molecule has 0 aromatic heterocycles. The lowest BCUT2D eigenvalue weighted by molar-refractivity contribution is 0.544. The Bertz CT molecular complexity index is 41.8. The van der Waals surface area contributed by atoms with Crippen molar-refractivity contribution in [3.8, 4) is 0 Å². The molecule has 0 rings (SSSR count). The Morgan fingerprint density at radius 3 is 2.67 bits per heavy atom. The quantitative estimate of drug-likeness (QED) is 0.486. The van der Waals surface area contributed by atoms with E-state index in [1.54, 1.807) is 0 Å². The predicted octanol–water partition coefficient (Wildman–Crippen LogP) is 2.44. The van der Waals surface area contributed by atoms with Gasteiger partial charge in [-0.1, -0.05) is 33.6 Å². The van der Waals surface area contributed by atoms with Crippen LogP contribution in [0.5, 0.6) is 0 Å². The summed E-state index contributed by atoms with van der Waals surface area (Å²) in [6.45, 7) is 3.06. The SMILES string of the molecule is [2H]CCC(C[2H])CC. The van der Waals surface area contributed by atoms with Gasteiger partial charge >= 0.3 is 0 Å². The molecule has 0 fully saturated rings. The molecule has 0 radical (unpaired) electrons. The molecule has 0 amide bonds. The van der Waals surface area contributed by atoms with Crippen LogP contribution in [0.25, 0.3) is 0 Å². The predicted molar refractivity (Wildman–Crippen MR) is 29.7 cm³/mol. The summed E-state index contributed by atoms with van der Waals surface area (Å²) in [5.74, 6) is 0.479. The molecule has 0 spiro atoms. The molecular weight excluding hydrogens is 72.1 g/mol. The number of hydrogen-bond acceptors (Lipinski definition) is 0. The zero-order chi connectivity index (χ0) is 6.41. The highest BCUT2D eigenvalue weighted by Gasteiger charge is 1.88.